The van der Waals surface area contributed by atoms with Crippen LogP contribution in [0.15, 0.2) is 28.1 Å². The van der Waals surface area contributed by atoms with Gasteiger partial charge in [0, 0.05) is 11.1 Å². The highest BCUT2D eigenvalue weighted by molar-refractivity contribution is 5.93. The van der Waals surface area contributed by atoms with Crippen molar-refractivity contribution in [3.63, 3.8) is 0 Å². The van der Waals surface area contributed by atoms with Gasteiger partial charge in [-0.25, -0.2) is 9.59 Å². The molecule has 0 aromatic heterocycles. The molecule has 5 nitrogen and oxygen atoms in total. The van der Waals surface area contributed by atoms with E-state index >= 15 is 0 Å². The molecule has 1 rings (SSSR count). The van der Waals surface area contributed by atoms with Crippen LogP contribution >= 0.6 is 0 Å². The summed E-state index contributed by atoms with van der Waals surface area (Å²) in [6.45, 7) is 5.47. The molecule has 0 fully saturated rings. The highest BCUT2D eigenvalue weighted by Gasteiger charge is 2.32. The summed E-state index contributed by atoms with van der Waals surface area (Å²) < 4.78 is 5.37. The molecule has 92 valence electrons. The maximum atomic E-state index is 11.1. The summed E-state index contributed by atoms with van der Waals surface area (Å²) in [5, 5.41) is 9.11. The Bertz CT molecular complexity index is 467. The van der Waals surface area contributed by atoms with Gasteiger partial charge in [-0.05, 0) is 20.8 Å². The first-order chi connectivity index (χ1) is 7.95. The van der Waals surface area contributed by atoms with Crippen molar-refractivity contribution in [1.82, 2.24) is 0 Å². The average Bonchev–Trinajstić information content (AvgIpc) is 2.24. The van der Waals surface area contributed by atoms with E-state index in [2.05, 4.69) is 0 Å². The first-order valence-electron chi connectivity index (χ1n) is 5.24. The van der Waals surface area contributed by atoms with Crippen LogP contribution in [0, 0.1) is 0 Å². The van der Waals surface area contributed by atoms with Gasteiger partial charge in [-0.1, -0.05) is 0 Å². The molecule has 0 heterocycles. The van der Waals surface area contributed by atoms with Gasteiger partial charge in [0.2, 0.25) is 0 Å². The third-order valence-corrected chi connectivity index (χ3v) is 2.74. The number of nitrogens with two attached hydrogens (primary N) is 1. The van der Waals surface area contributed by atoms with Gasteiger partial charge in [0.15, 0.2) is 0 Å². The number of hydrogen-bond acceptors (Lipinski definition) is 4. The summed E-state index contributed by atoms with van der Waals surface area (Å²) in [5.74, 6) is 0.965. The highest BCUT2D eigenvalue weighted by Crippen LogP contribution is 2.32. The second-order valence-corrected chi connectivity index (χ2v) is 3.72. The Balaban J connectivity index is 3.49. The summed E-state index contributed by atoms with van der Waals surface area (Å²) >= 11 is 0. The topological polar surface area (TPSA) is 89.6 Å². The molecule has 0 bridgehead atoms. The SMILES string of the molecule is CCOC1=C(C)C(=C=O)C(N)C(C(=O)O)=C1C. The monoisotopic (exact) mass is 237 g/mol. The van der Waals surface area contributed by atoms with E-state index in [1.165, 1.54) is 0 Å². The number of hydrogen-bond donors (Lipinski definition) is 2. The van der Waals surface area contributed by atoms with Gasteiger partial charge in [0.1, 0.15) is 11.7 Å². The van der Waals surface area contributed by atoms with Crippen LogP contribution in [0.5, 0.6) is 0 Å². The zero-order valence-electron chi connectivity index (χ0n) is 10.0. The van der Waals surface area contributed by atoms with Crippen molar-refractivity contribution in [3.05, 3.63) is 28.1 Å². The summed E-state index contributed by atoms with van der Waals surface area (Å²) in [4.78, 5) is 22.0. The molecule has 0 aromatic rings. The maximum Gasteiger partial charge on any atom is 0.333 e. The third kappa shape index (κ3) is 2.16. The zero-order valence-corrected chi connectivity index (χ0v) is 10.0. The van der Waals surface area contributed by atoms with Crippen molar-refractivity contribution in [2.24, 2.45) is 5.73 Å². The standard InChI is InChI=1S/C12H15NO4/c1-4-17-11-6(2)8(5-14)10(13)9(7(11)3)12(15)16/h10H,4,13H2,1-3H3,(H,15,16). The van der Waals surface area contributed by atoms with Crippen molar-refractivity contribution in [2.45, 2.75) is 26.8 Å². The van der Waals surface area contributed by atoms with E-state index in [1.807, 2.05) is 0 Å². The summed E-state index contributed by atoms with van der Waals surface area (Å²) in [7, 11) is 0. The molecule has 1 aliphatic rings. The van der Waals surface area contributed by atoms with Crippen LogP contribution in [0.2, 0.25) is 0 Å². The van der Waals surface area contributed by atoms with E-state index in [0.717, 1.165) is 0 Å². The Morgan fingerprint density at radius 2 is 2.06 bits per heavy atom. The molecule has 1 unspecified atom stereocenters. The molecule has 0 saturated carbocycles. The van der Waals surface area contributed by atoms with Crippen LogP contribution in [0.25, 0.3) is 0 Å². The number of carbonyl (C=O) groups is 1. The molecule has 1 aliphatic carbocycles. The Morgan fingerprint density at radius 3 is 2.47 bits per heavy atom. The lowest BCUT2D eigenvalue weighted by Crippen LogP contribution is -2.34. The fourth-order valence-corrected chi connectivity index (χ4v) is 1.93. The van der Waals surface area contributed by atoms with Crippen LogP contribution in [0.4, 0.5) is 0 Å². The molecule has 5 heteroatoms. The fraction of sp³-hybridized carbons (Fsp3) is 0.417. The minimum Gasteiger partial charge on any atom is -0.493 e. The van der Waals surface area contributed by atoms with Crippen molar-refractivity contribution < 1.29 is 19.4 Å². The minimum absolute atomic E-state index is 0.0163. The predicted octanol–water partition coefficient (Wildman–Crippen LogP) is 0.797. The smallest absolute Gasteiger partial charge is 0.333 e. The van der Waals surface area contributed by atoms with E-state index in [-0.39, 0.29) is 11.1 Å². The van der Waals surface area contributed by atoms with Gasteiger partial charge in [-0.2, -0.15) is 0 Å². The van der Waals surface area contributed by atoms with Gasteiger partial charge in [0.25, 0.3) is 0 Å². The normalized spacial score (nSPS) is 20.5. The lowest BCUT2D eigenvalue weighted by atomic mass is 9.85. The van der Waals surface area contributed by atoms with E-state index < -0.39 is 12.0 Å². The quantitative estimate of drug-likeness (QED) is 0.708. The predicted molar refractivity (Wildman–Crippen MR) is 61.8 cm³/mol. The van der Waals surface area contributed by atoms with Crippen LogP contribution in [-0.4, -0.2) is 29.7 Å². The molecular formula is C12H15NO4. The molecule has 0 radical (unpaired) electrons. The second kappa shape index (κ2) is 4.99. The Hall–Kier alpha value is -1.84. The molecule has 0 aromatic carbocycles. The molecule has 17 heavy (non-hydrogen) atoms. The summed E-state index contributed by atoms with van der Waals surface area (Å²) in [6, 6.07) is -0.950. The van der Waals surface area contributed by atoms with Gasteiger partial charge < -0.3 is 15.6 Å². The lowest BCUT2D eigenvalue weighted by Gasteiger charge is -2.26. The molecule has 0 amide bonds. The Kier molecular flexibility index (Phi) is 3.89. The fourth-order valence-electron chi connectivity index (χ4n) is 1.93. The van der Waals surface area contributed by atoms with E-state index in [4.69, 9.17) is 15.6 Å². The largest absolute Gasteiger partial charge is 0.493 e. The second-order valence-electron chi connectivity index (χ2n) is 3.72. The summed E-state index contributed by atoms with van der Waals surface area (Å²) in [6.07, 6.45) is 0. The lowest BCUT2D eigenvalue weighted by molar-refractivity contribution is -0.132. The van der Waals surface area contributed by atoms with E-state index in [9.17, 15) is 9.59 Å². The molecule has 1 atom stereocenters. The van der Waals surface area contributed by atoms with Crippen LogP contribution in [0.1, 0.15) is 20.8 Å². The van der Waals surface area contributed by atoms with E-state index in [1.54, 1.807) is 26.7 Å². The van der Waals surface area contributed by atoms with Gasteiger partial charge in [0.05, 0.1) is 23.8 Å². The highest BCUT2D eigenvalue weighted by atomic mass is 16.5. The number of ether oxygens (including phenoxy) is 1. The number of carboxylic acids is 1. The van der Waals surface area contributed by atoms with Crippen LogP contribution < -0.4 is 5.73 Å². The van der Waals surface area contributed by atoms with E-state index in [0.29, 0.717) is 23.5 Å². The number of aliphatic carboxylic acids is 1. The average molecular weight is 237 g/mol. The maximum absolute atomic E-state index is 11.1. The van der Waals surface area contributed by atoms with Crippen molar-refractivity contribution in [1.29, 1.82) is 0 Å². The van der Waals surface area contributed by atoms with Gasteiger partial charge in [-0.3, -0.25) is 0 Å². The minimum atomic E-state index is -1.15. The zero-order chi connectivity index (χ0) is 13.2. The molecule has 3 N–H and O–H groups in total. The van der Waals surface area contributed by atoms with Gasteiger partial charge in [-0.15, -0.1) is 0 Å². The first-order valence-corrected chi connectivity index (χ1v) is 5.24. The third-order valence-electron chi connectivity index (χ3n) is 2.74. The summed E-state index contributed by atoms with van der Waals surface area (Å²) in [5.41, 5.74) is 6.88. The molecule has 0 saturated heterocycles. The van der Waals surface area contributed by atoms with Crippen molar-refractivity contribution >= 4 is 11.9 Å². The number of carboxylic acid groups (broad SMARTS) is 1. The first kappa shape index (κ1) is 13.2. The molecular weight excluding hydrogens is 222 g/mol. The number of rotatable bonds is 3. The van der Waals surface area contributed by atoms with Crippen LogP contribution in [-0.2, 0) is 14.3 Å². The number of carbonyl (C=O) groups excluding carboxylic acids is 1. The number of allylic oxidation sites excluding steroid dienone is 1. The van der Waals surface area contributed by atoms with Gasteiger partial charge >= 0.3 is 5.97 Å². The van der Waals surface area contributed by atoms with Crippen LogP contribution in [0.3, 0.4) is 0 Å². The molecule has 0 aliphatic heterocycles. The van der Waals surface area contributed by atoms with Crippen molar-refractivity contribution in [3.8, 4) is 0 Å². The van der Waals surface area contributed by atoms with Crippen molar-refractivity contribution in [2.75, 3.05) is 6.61 Å². The Morgan fingerprint density at radius 1 is 1.47 bits per heavy atom. The molecule has 0 spiro atoms. The Labute approximate surface area is 99.2 Å².